The van der Waals surface area contributed by atoms with Crippen molar-refractivity contribution < 1.29 is 9.90 Å². The first kappa shape index (κ1) is 15.2. The molecule has 0 saturated carbocycles. The maximum Gasteiger partial charge on any atom is 0.252 e. The summed E-state index contributed by atoms with van der Waals surface area (Å²) >= 11 is 6.72. The van der Waals surface area contributed by atoms with E-state index in [1.165, 1.54) is 0 Å². The van der Waals surface area contributed by atoms with E-state index >= 15 is 0 Å². The number of halogens is 2. The number of hydrogen-bond donors (Lipinski definition) is 2. The fraction of sp³-hybridized carbons (Fsp3) is 0.133. The third-order valence-corrected chi connectivity index (χ3v) is 3.98. The minimum Gasteiger partial charge on any atom is -0.392 e. The summed E-state index contributed by atoms with van der Waals surface area (Å²) in [5, 5.41) is 11.9. The predicted molar refractivity (Wildman–Crippen MR) is 85.4 cm³/mol. The zero-order valence-corrected chi connectivity index (χ0v) is 13.7. The van der Waals surface area contributed by atoms with Crippen molar-refractivity contribution >= 4 is 37.8 Å². The number of hydrogen-bond acceptors (Lipinski definition) is 2. The van der Waals surface area contributed by atoms with E-state index in [0.29, 0.717) is 12.1 Å². The second kappa shape index (κ2) is 7.02. The molecule has 0 aliphatic heterocycles. The lowest BCUT2D eigenvalue weighted by molar-refractivity contribution is 0.0950. The average molecular weight is 399 g/mol. The molecule has 0 heterocycles. The smallest absolute Gasteiger partial charge is 0.252 e. The van der Waals surface area contributed by atoms with E-state index in [2.05, 4.69) is 37.2 Å². The van der Waals surface area contributed by atoms with Crippen LogP contribution in [0.3, 0.4) is 0 Å². The molecule has 2 N–H and O–H groups in total. The topological polar surface area (TPSA) is 49.3 Å². The van der Waals surface area contributed by atoms with Crippen LogP contribution in [0.2, 0.25) is 0 Å². The number of aliphatic hydroxyl groups excluding tert-OH is 1. The zero-order chi connectivity index (χ0) is 14.5. The molecule has 20 heavy (non-hydrogen) atoms. The quantitative estimate of drug-likeness (QED) is 0.825. The van der Waals surface area contributed by atoms with Gasteiger partial charge in [0.25, 0.3) is 5.91 Å². The lowest BCUT2D eigenvalue weighted by atomic mass is 10.1. The van der Waals surface area contributed by atoms with Crippen LogP contribution in [-0.4, -0.2) is 11.0 Å². The third kappa shape index (κ3) is 3.91. The largest absolute Gasteiger partial charge is 0.392 e. The van der Waals surface area contributed by atoms with E-state index in [1.54, 1.807) is 6.07 Å². The number of amides is 1. The van der Waals surface area contributed by atoms with Crippen LogP contribution in [0.25, 0.3) is 0 Å². The minimum absolute atomic E-state index is 0.00103. The van der Waals surface area contributed by atoms with Crippen LogP contribution in [0.1, 0.15) is 21.5 Å². The van der Waals surface area contributed by atoms with E-state index in [-0.39, 0.29) is 12.5 Å². The van der Waals surface area contributed by atoms with Gasteiger partial charge in [-0.2, -0.15) is 0 Å². The van der Waals surface area contributed by atoms with Gasteiger partial charge in [0, 0.05) is 15.5 Å². The van der Waals surface area contributed by atoms with Gasteiger partial charge in [-0.05, 0) is 45.3 Å². The Hall–Kier alpha value is -1.17. The molecule has 5 heteroatoms. The van der Waals surface area contributed by atoms with Crippen LogP contribution >= 0.6 is 31.9 Å². The van der Waals surface area contributed by atoms with Gasteiger partial charge < -0.3 is 10.4 Å². The SMILES string of the molecule is O=C(NCc1cccc(CO)c1)c1cc(Br)ccc1Br. The van der Waals surface area contributed by atoms with E-state index in [9.17, 15) is 4.79 Å². The molecule has 0 aliphatic carbocycles. The molecule has 3 nitrogen and oxygen atoms in total. The van der Waals surface area contributed by atoms with Gasteiger partial charge in [-0.3, -0.25) is 4.79 Å². The Morgan fingerprint density at radius 1 is 1.10 bits per heavy atom. The zero-order valence-electron chi connectivity index (χ0n) is 10.6. The number of aliphatic hydroxyl groups is 1. The number of carbonyl (C=O) groups is 1. The van der Waals surface area contributed by atoms with E-state index in [1.807, 2.05) is 36.4 Å². The molecule has 0 unspecified atom stereocenters. The van der Waals surface area contributed by atoms with Crippen molar-refractivity contribution in [3.63, 3.8) is 0 Å². The number of rotatable bonds is 4. The molecule has 1 amide bonds. The van der Waals surface area contributed by atoms with Gasteiger partial charge in [0.2, 0.25) is 0 Å². The van der Waals surface area contributed by atoms with Crippen molar-refractivity contribution in [2.24, 2.45) is 0 Å². The summed E-state index contributed by atoms with van der Waals surface area (Å²) in [7, 11) is 0. The van der Waals surface area contributed by atoms with E-state index in [4.69, 9.17) is 5.11 Å². The fourth-order valence-electron chi connectivity index (χ4n) is 1.79. The molecule has 2 rings (SSSR count). The summed E-state index contributed by atoms with van der Waals surface area (Å²) in [6.07, 6.45) is 0. The number of carbonyl (C=O) groups excluding carboxylic acids is 1. The first-order valence-electron chi connectivity index (χ1n) is 6.02. The molecule has 104 valence electrons. The summed E-state index contributed by atoms with van der Waals surface area (Å²) in [6, 6.07) is 12.9. The van der Waals surface area contributed by atoms with Crippen LogP contribution < -0.4 is 5.32 Å². The molecule has 0 bridgehead atoms. The fourth-order valence-corrected chi connectivity index (χ4v) is 2.57. The van der Waals surface area contributed by atoms with Crippen LogP contribution in [0.4, 0.5) is 0 Å². The molecule has 2 aromatic carbocycles. The van der Waals surface area contributed by atoms with E-state index in [0.717, 1.165) is 20.1 Å². The van der Waals surface area contributed by atoms with Gasteiger partial charge in [0.05, 0.1) is 12.2 Å². The number of nitrogens with one attached hydrogen (secondary N) is 1. The number of benzene rings is 2. The Kier molecular flexibility index (Phi) is 5.34. The standard InChI is InChI=1S/C15H13Br2NO2/c16-12-4-5-14(17)13(7-12)15(20)18-8-10-2-1-3-11(6-10)9-19/h1-7,19H,8-9H2,(H,18,20). The maximum absolute atomic E-state index is 12.1. The van der Waals surface area contributed by atoms with Crippen molar-refractivity contribution in [2.45, 2.75) is 13.2 Å². The second-order valence-electron chi connectivity index (χ2n) is 4.28. The molecule has 0 atom stereocenters. The molecule has 2 aromatic rings. The molecule has 0 radical (unpaired) electrons. The maximum atomic E-state index is 12.1. The highest BCUT2D eigenvalue weighted by molar-refractivity contribution is 9.11. The lowest BCUT2D eigenvalue weighted by Crippen LogP contribution is -2.23. The molecule has 0 aromatic heterocycles. The van der Waals surface area contributed by atoms with Crippen LogP contribution in [0.5, 0.6) is 0 Å². The second-order valence-corrected chi connectivity index (χ2v) is 6.05. The van der Waals surface area contributed by atoms with Gasteiger partial charge in [0.15, 0.2) is 0 Å². The predicted octanol–water partition coefficient (Wildman–Crippen LogP) is 3.63. The monoisotopic (exact) mass is 397 g/mol. The van der Waals surface area contributed by atoms with Crippen molar-refractivity contribution in [3.05, 3.63) is 68.1 Å². The Morgan fingerprint density at radius 3 is 2.60 bits per heavy atom. The van der Waals surface area contributed by atoms with Gasteiger partial charge in [0.1, 0.15) is 0 Å². The molecular weight excluding hydrogens is 386 g/mol. The first-order chi connectivity index (χ1) is 9.60. The van der Waals surface area contributed by atoms with Crippen LogP contribution in [0, 0.1) is 0 Å². The third-order valence-electron chi connectivity index (χ3n) is 2.80. The summed E-state index contributed by atoms with van der Waals surface area (Å²) in [5.41, 5.74) is 2.37. The summed E-state index contributed by atoms with van der Waals surface area (Å²) in [4.78, 5) is 12.1. The van der Waals surface area contributed by atoms with Gasteiger partial charge in [-0.15, -0.1) is 0 Å². The van der Waals surface area contributed by atoms with Gasteiger partial charge in [-0.1, -0.05) is 40.2 Å². The summed E-state index contributed by atoms with van der Waals surface area (Å²) < 4.78 is 1.61. The molecule has 0 spiro atoms. The average Bonchev–Trinajstić information content (AvgIpc) is 2.47. The molecular formula is C15H13Br2NO2. The Labute approximate surface area is 134 Å². The Balaban J connectivity index is 2.06. The molecule has 0 aliphatic rings. The highest BCUT2D eigenvalue weighted by Gasteiger charge is 2.10. The Bertz CT molecular complexity index is 629. The highest BCUT2D eigenvalue weighted by Crippen LogP contribution is 2.21. The van der Waals surface area contributed by atoms with Crippen LogP contribution in [0.15, 0.2) is 51.4 Å². The Morgan fingerprint density at radius 2 is 1.85 bits per heavy atom. The molecule has 0 fully saturated rings. The van der Waals surface area contributed by atoms with E-state index < -0.39 is 0 Å². The highest BCUT2D eigenvalue weighted by atomic mass is 79.9. The summed E-state index contributed by atoms with van der Waals surface area (Å²) in [5.74, 6) is -0.146. The minimum atomic E-state index is -0.146. The summed E-state index contributed by atoms with van der Waals surface area (Å²) in [6.45, 7) is 0.421. The van der Waals surface area contributed by atoms with Gasteiger partial charge >= 0.3 is 0 Å². The lowest BCUT2D eigenvalue weighted by Gasteiger charge is -2.08. The van der Waals surface area contributed by atoms with Crippen molar-refractivity contribution in [1.29, 1.82) is 0 Å². The van der Waals surface area contributed by atoms with Crippen molar-refractivity contribution in [2.75, 3.05) is 0 Å². The normalized spacial score (nSPS) is 10.3. The van der Waals surface area contributed by atoms with Crippen LogP contribution in [-0.2, 0) is 13.2 Å². The first-order valence-corrected chi connectivity index (χ1v) is 7.60. The molecule has 0 saturated heterocycles. The van der Waals surface area contributed by atoms with Gasteiger partial charge in [-0.25, -0.2) is 0 Å². The van der Waals surface area contributed by atoms with Crippen molar-refractivity contribution in [1.82, 2.24) is 5.32 Å². The van der Waals surface area contributed by atoms with Crippen molar-refractivity contribution in [3.8, 4) is 0 Å².